The van der Waals surface area contributed by atoms with E-state index in [1.54, 1.807) is 6.07 Å². The van der Waals surface area contributed by atoms with Crippen LogP contribution in [-0.2, 0) is 11.2 Å². The van der Waals surface area contributed by atoms with Crippen LogP contribution in [-0.4, -0.2) is 5.91 Å². The van der Waals surface area contributed by atoms with E-state index in [1.807, 2.05) is 30.3 Å². The molecular formula is C15H12BrClN2O. The molecule has 102 valence electrons. The monoisotopic (exact) mass is 350 g/mol. The molecule has 0 bridgehead atoms. The summed E-state index contributed by atoms with van der Waals surface area (Å²) < 4.78 is 0.972. The van der Waals surface area contributed by atoms with E-state index >= 15 is 0 Å². The largest absolute Gasteiger partial charge is 0.325 e. The lowest BCUT2D eigenvalue weighted by Gasteiger charge is -2.16. The molecule has 2 aromatic carbocycles. The lowest BCUT2D eigenvalue weighted by molar-refractivity contribution is -0.115. The Kier molecular flexibility index (Phi) is 3.54. The van der Waals surface area contributed by atoms with Crippen LogP contribution < -0.4 is 11.1 Å². The van der Waals surface area contributed by atoms with Crippen LogP contribution in [0.15, 0.2) is 40.9 Å². The maximum Gasteiger partial charge on any atom is 0.228 e. The lowest BCUT2D eigenvalue weighted by atomic mass is 9.97. The van der Waals surface area contributed by atoms with Crippen molar-refractivity contribution < 1.29 is 4.79 Å². The molecule has 5 heteroatoms. The fraction of sp³-hybridized carbons (Fsp3) is 0.133. The average Bonchev–Trinajstić information content (AvgIpc) is 2.76. The van der Waals surface area contributed by atoms with Crippen molar-refractivity contribution >= 4 is 39.1 Å². The summed E-state index contributed by atoms with van der Waals surface area (Å²) in [6, 6.07) is 11.2. The highest BCUT2D eigenvalue weighted by atomic mass is 79.9. The first-order chi connectivity index (χ1) is 9.54. The molecule has 0 radical (unpaired) electrons. The predicted octanol–water partition coefficient (Wildman–Crippen LogP) is 3.65. The van der Waals surface area contributed by atoms with Crippen molar-refractivity contribution in [2.45, 2.75) is 12.5 Å². The van der Waals surface area contributed by atoms with E-state index in [1.165, 1.54) is 0 Å². The fourth-order valence-electron chi connectivity index (χ4n) is 2.39. The van der Waals surface area contributed by atoms with Crippen molar-refractivity contribution in [3.63, 3.8) is 0 Å². The molecule has 0 saturated carbocycles. The van der Waals surface area contributed by atoms with Crippen LogP contribution in [0.25, 0.3) is 0 Å². The number of amides is 1. The third kappa shape index (κ3) is 2.46. The maximum absolute atomic E-state index is 11.4. The summed E-state index contributed by atoms with van der Waals surface area (Å²) >= 11 is 9.73. The third-order valence-electron chi connectivity index (χ3n) is 3.39. The van der Waals surface area contributed by atoms with Crippen LogP contribution in [0.5, 0.6) is 0 Å². The Balaban J connectivity index is 2.02. The van der Waals surface area contributed by atoms with E-state index in [9.17, 15) is 4.79 Å². The second kappa shape index (κ2) is 5.20. The van der Waals surface area contributed by atoms with Crippen LogP contribution in [0.2, 0.25) is 5.02 Å². The molecule has 0 spiro atoms. The summed E-state index contributed by atoms with van der Waals surface area (Å²) in [4.78, 5) is 11.4. The Bertz CT molecular complexity index is 702. The van der Waals surface area contributed by atoms with Crippen LogP contribution in [0, 0.1) is 0 Å². The first-order valence-electron chi connectivity index (χ1n) is 6.18. The Labute approximate surface area is 130 Å². The van der Waals surface area contributed by atoms with Crippen LogP contribution in [0.3, 0.4) is 0 Å². The molecule has 1 heterocycles. The Morgan fingerprint density at radius 2 is 2.10 bits per heavy atom. The van der Waals surface area contributed by atoms with Gasteiger partial charge in [0.1, 0.15) is 0 Å². The Morgan fingerprint density at radius 1 is 1.30 bits per heavy atom. The van der Waals surface area contributed by atoms with Crippen molar-refractivity contribution in [3.8, 4) is 0 Å². The summed E-state index contributed by atoms with van der Waals surface area (Å²) in [6.45, 7) is 0. The molecule has 0 aromatic heterocycles. The van der Waals surface area contributed by atoms with E-state index in [0.717, 1.165) is 26.9 Å². The highest BCUT2D eigenvalue weighted by Crippen LogP contribution is 2.34. The fourth-order valence-corrected chi connectivity index (χ4v) is 3.08. The summed E-state index contributed by atoms with van der Waals surface area (Å²) in [5.41, 5.74) is 9.84. The lowest BCUT2D eigenvalue weighted by Crippen LogP contribution is -2.12. The summed E-state index contributed by atoms with van der Waals surface area (Å²) in [7, 11) is 0. The molecule has 3 N–H and O–H groups in total. The van der Waals surface area contributed by atoms with Crippen molar-refractivity contribution in [2.24, 2.45) is 5.73 Å². The molecule has 0 fully saturated rings. The van der Waals surface area contributed by atoms with Gasteiger partial charge in [0.2, 0.25) is 5.91 Å². The van der Waals surface area contributed by atoms with E-state index in [4.69, 9.17) is 17.3 Å². The number of anilines is 1. The first kappa shape index (κ1) is 13.6. The number of nitrogens with one attached hydrogen (secondary N) is 1. The molecule has 0 aliphatic carbocycles. The second-order valence-electron chi connectivity index (χ2n) is 4.79. The number of hydrogen-bond acceptors (Lipinski definition) is 2. The number of nitrogens with two attached hydrogens (primary N) is 1. The van der Waals surface area contributed by atoms with Gasteiger partial charge in [-0.25, -0.2) is 0 Å². The van der Waals surface area contributed by atoms with E-state index in [2.05, 4.69) is 21.2 Å². The minimum atomic E-state index is -0.319. The molecule has 1 unspecified atom stereocenters. The molecule has 1 atom stereocenters. The van der Waals surface area contributed by atoms with Gasteiger partial charge in [-0.05, 0) is 41.0 Å². The van der Waals surface area contributed by atoms with Crippen molar-refractivity contribution in [1.29, 1.82) is 0 Å². The predicted molar refractivity (Wildman–Crippen MR) is 84.0 cm³/mol. The molecule has 3 nitrogen and oxygen atoms in total. The topological polar surface area (TPSA) is 55.1 Å². The summed E-state index contributed by atoms with van der Waals surface area (Å²) in [5.74, 6) is -0.00996. The number of hydrogen-bond donors (Lipinski definition) is 2. The molecule has 20 heavy (non-hydrogen) atoms. The smallest absolute Gasteiger partial charge is 0.228 e. The Hall–Kier alpha value is -1.36. The van der Waals surface area contributed by atoms with Gasteiger partial charge in [0.05, 0.1) is 12.5 Å². The first-order valence-corrected chi connectivity index (χ1v) is 7.35. The van der Waals surface area contributed by atoms with Crippen LogP contribution in [0.4, 0.5) is 5.69 Å². The van der Waals surface area contributed by atoms with E-state index < -0.39 is 0 Å². The van der Waals surface area contributed by atoms with Gasteiger partial charge in [-0.1, -0.05) is 39.7 Å². The zero-order valence-corrected chi connectivity index (χ0v) is 12.8. The molecule has 1 aliphatic heterocycles. The average molecular weight is 352 g/mol. The van der Waals surface area contributed by atoms with Crippen molar-refractivity contribution in [1.82, 2.24) is 0 Å². The summed E-state index contributed by atoms with van der Waals surface area (Å²) in [6.07, 6.45) is 0.380. The number of fused-ring (bicyclic) bond motifs is 1. The van der Waals surface area contributed by atoms with Crippen LogP contribution >= 0.6 is 27.5 Å². The van der Waals surface area contributed by atoms with E-state index in [0.29, 0.717) is 11.4 Å². The molecule has 2 aromatic rings. The van der Waals surface area contributed by atoms with Gasteiger partial charge >= 0.3 is 0 Å². The Morgan fingerprint density at radius 3 is 2.85 bits per heavy atom. The third-order valence-corrected chi connectivity index (χ3v) is 4.21. The molecule has 0 saturated heterocycles. The summed E-state index contributed by atoms with van der Waals surface area (Å²) in [5, 5.41) is 3.35. The number of benzene rings is 2. The maximum atomic E-state index is 11.4. The van der Waals surface area contributed by atoms with Crippen molar-refractivity contribution in [2.75, 3.05) is 5.32 Å². The second-order valence-corrected chi connectivity index (χ2v) is 6.11. The zero-order chi connectivity index (χ0) is 14.3. The molecular weight excluding hydrogens is 340 g/mol. The number of carbonyl (C=O) groups excluding carboxylic acids is 1. The standard InChI is InChI=1S/C15H12BrClN2O/c16-10-3-1-2-8(4-10)15(18)11-5-9-6-14(20)19-13(9)7-12(11)17/h1-5,7,15H,6,18H2,(H,19,20). The molecule has 3 rings (SSSR count). The van der Waals surface area contributed by atoms with Gasteiger partial charge in [-0.15, -0.1) is 0 Å². The SMILES string of the molecule is NC(c1cccc(Br)c1)c1cc2c(cc1Cl)NC(=O)C2. The van der Waals surface area contributed by atoms with Crippen LogP contribution in [0.1, 0.15) is 22.7 Å². The molecule has 1 aliphatic rings. The highest BCUT2D eigenvalue weighted by Gasteiger charge is 2.22. The number of carbonyl (C=O) groups is 1. The van der Waals surface area contributed by atoms with Crippen molar-refractivity contribution in [3.05, 3.63) is 62.6 Å². The van der Waals surface area contributed by atoms with Gasteiger partial charge < -0.3 is 11.1 Å². The van der Waals surface area contributed by atoms with Gasteiger partial charge in [0.25, 0.3) is 0 Å². The normalized spacial score (nSPS) is 14.8. The van der Waals surface area contributed by atoms with Gasteiger partial charge in [-0.3, -0.25) is 4.79 Å². The quantitative estimate of drug-likeness (QED) is 0.868. The van der Waals surface area contributed by atoms with Gasteiger partial charge in [-0.2, -0.15) is 0 Å². The van der Waals surface area contributed by atoms with Gasteiger partial charge in [0.15, 0.2) is 0 Å². The minimum Gasteiger partial charge on any atom is -0.325 e. The number of halogens is 2. The number of rotatable bonds is 2. The highest BCUT2D eigenvalue weighted by molar-refractivity contribution is 9.10. The molecule has 1 amide bonds. The minimum absolute atomic E-state index is 0.00996. The zero-order valence-electron chi connectivity index (χ0n) is 10.5. The van der Waals surface area contributed by atoms with Gasteiger partial charge in [0, 0.05) is 15.2 Å². The van der Waals surface area contributed by atoms with E-state index in [-0.39, 0.29) is 11.9 Å².